The number of nitrogens with two attached hydrogens (primary N) is 1. The second-order valence-corrected chi connectivity index (χ2v) is 2.80. The molecule has 3 heteroatoms. The Morgan fingerprint density at radius 2 is 2.44 bits per heavy atom. The van der Waals surface area contributed by atoms with Gasteiger partial charge in [-0.15, -0.1) is 0 Å². The summed E-state index contributed by atoms with van der Waals surface area (Å²) in [7, 11) is 0. The highest BCUT2D eigenvalue weighted by Gasteiger charge is 2.47. The molecule has 0 amide bonds. The molecule has 2 fully saturated rings. The van der Waals surface area contributed by atoms with Crippen LogP contribution in [0.5, 0.6) is 0 Å². The molecule has 0 spiro atoms. The molecule has 0 unspecified atom stereocenters. The summed E-state index contributed by atoms with van der Waals surface area (Å²) in [5, 5.41) is 0. The first kappa shape index (κ1) is 5.23. The monoisotopic (exact) mass is 127 g/mol. The van der Waals surface area contributed by atoms with Gasteiger partial charge in [0.25, 0.3) is 0 Å². The van der Waals surface area contributed by atoms with Crippen molar-refractivity contribution in [3.8, 4) is 0 Å². The van der Waals surface area contributed by atoms with Crippen LogP contribution in [0.2, 0.25) is 0 Å². The Kier molecular flexibility index (Phi) is 0.858. The van der Waals surface area contributed by atoms with Gasteiger partial charge in [0.2, 0.25) is 0 Å². The van der Waals surface area contributed by atoms with Crippen molar-refractivity contribution in [3.05, 3.63) is 0 Å². The molecule has 50 valence electrons. The molecule has 1 aliphatic carbocycles. The highest BCUT2D eigenvalue weighted by molar-refractivity contribution is 5.72. The van der Waals surface area contributed by atoms with Gasteiger partial charge in [0.1, 0.15) is 6.10 Å². The molecule has 9 heavy (non-hydrogen) atoms. The van der Waals surface area contributed by atoms with Gasteiger partial charge >= 0.3 is 5.97 Å². The van der Waals surface area contributed by atoms with Crippen LogP contribution >= 0.6 is 0 Å². The largest absolute Gasteiger partial charge is 0.462 e. The molecule has 0 radical (unpaired) electrons. The van der Waals surface area contributed by atoms with Crippen molar-refractivity contribution in [3.63, 3.8) is 0 Å². The van der Waals surface area contributed by atoms with Crippen LogP contribution in [0.15, 0.2) is 0 Å². The van der Waals surface area contributed by atoms with E-state index in [0.29, 0.717) is 12.3 Å². The number of ether oxygens (including phenoxy) is 1. The predicted octanol–water partition coefficient (Wildman–Crippen LogP) is -0.351. The summed E-state index contributed by atoms with van der Waals surface area (Å²) in [6.07, 6.45) is 1.59. The van der Waals surface area contributed by atoms with Crippen molar-refractivity contribution in [2.24, 2.45) is 11.7 Å². The van der Waals surface area contributed by atoms with Crippen molar-refractivity contribution < 1.29 is 9.53 Å². The van der Waals surface area contributed by atoms with Crippen LogP contribution in [0, 0.1) is 5.92 Å². The molecular formula is C6H9NO2. The van der Waals surface area contributed by atoms with Crippen molar-refractivity contribution in [2.45, 2.75) is 25.0 Å². The van der Waals surface area contributed by atoms with Gasteiger partial charge in [0.05, 0.1) is 6.42 Å². The van der Waals surface area contributed by atoms with Gasteiger partial charge < -0.3 is 10.5 Å². The van der Waals surface area contributed by atoms with Crippen LogP contribution in [0.25, 0.3) is 0 Å². The lowest BCUT2D eigenvalue weighted by molar-refractivity contribution is -0.143. The number of fused-ring (bicyclic) bond motifs is 1. The Labute approximate surface area is 53.2 Å². The predicted molar refractivity (Wildman–Crippen MR) is 30.6 cm³/mol. The van der Waals surface area contributed by atoms with E-state index in [4.69, 9.17) is 10.5 Å². The van der Waals surface area contributed by atoms with E-state index >= 15 is 0 Å². The number of hydrogen-bond donors (Lipinski definition) is 1. The highest BCUT2D eigenvalue weighted by Crippen LogP contribution is 2.37. The van der Waals surface area contributed by atoms with Crippen molar-refractivity contribution in [1.29, 1.82) is 0 Å². The first-order valence-corrected chi connectivity index (χ1v) is 3.22. The molecule has 0 aromatic carbocycles. The topological polar surface area (TPSA) is 52.3 Å². The number of carbonyl (C=O) groups is 1. The second-order valence-electron chi connectivity index (χ2n) is 2.80. The fraction of sp³-hybridized carbons (Fsp3) is 0.833. The first-order valence-electron chi connectivity index (χ1n) is 3.22. The number of hydrogen-bond acceptors (Lipinski definition) is 3. The van der Waals surface area contributed by atoms with Crippen molar-refractivity contribution in [2.75, 3.05) is 0 Å². The third-order valence-electron chi connectivity index (χ3n) is 2.22. The Morgan fingerprint density at radius 3 is 2.89 bits per heavy atom. The van der Waals surface area contributed by atoms with Gasteiger partial charge in [0.15, 0.2) is 0 Å². The fourth-order valence-corrected chi connectivity index (χ4v) is 1.53. The zero-order chi connectivity index (χ0) is 6.43. The molecule has 2 N–H and O–H groups in total. The minimum atomic E-state index is -0.0713. The molecule has 1 saturated heterocycles. The van der Waals surface area contributed by atoms with E-state index in [2.05, 4.69) is 0 Å². The minimum Gasteiger partial charge on any atom is -0.462 e. The van der Waals surface area contributed by atoms with Gasteiger partial charge in [-0.1, -0.05) is 0 Å². The normalized spacial score (nSPS) is 47.7. The third kappa shape index (κ3) is 0.580. The lowest BCUT2D eigenvalue weighted by Gasteiger charge is -2.34. The lowest BCUT2D eigenvalue weighted by Crippen LogP contribution is -2.48. The summed E-state index contributed by atoms with van der Waals surface area (Å²) < 4.78 is 4.91. The Hall–Kier alpha value is -0.570. The van der Waals surface area contributed by atoms with E-state index < -0.39 is 0 Å². The van der Waals surface area contributed by atoms with Crippen LogP contribution in [0.3, 0.4) is 0 Å². The number of esters is 1. The van der Waals surface area contributed by atoms with Crippen LogP contribution in [-0.4, -0.2) is 18.1 Å². The molecule has 1 aliphatic heterocycles. The minimum absolute atomic E-state index is 0.0713. The van der Waals surface area contributed by atoms with Crippen molar-refractivity contribution >= 4 is 5.97 Å². The Balaban J connectivity index is 2.08. The van der Waals surface area contributed by atoms with Gasteiger partial charge in [-0.25, -0.2) is 0 Å². The standard InChI is InChI=1S/C6H9NO2/c7-4-2-5-3(4)1-6(8)9-5/h3-5H,1-2,7H2/t3-,4+,5+/m1/s1. The third-order valence-corrected chi connectivity index (χ3v) is 2.22. The summed E-state index contributed by atoms with van der Waals surface area (Å²) in [6.45, 7) is 0. The molecule has 1 heterocycles. The van der Waals surface area contributed by atoms with Gasteiger partial charge in [-0.2, -0.15) is 0 Å². The van der Waals surface area contributed by atoms with E-state index in [0.717, 1.165) is 6.42 Å². The molecule has 0 aromatic rings. The maximum Gasteiger partial charge on any atom is 0.306 e. The summed E-state index contributed by atoms with van der Waals surface area (Å²) in [5.74, 6) is 0.274. The molecule has 3 nitrogen and oxygen atoms in total. The molecule has 0 bridgehead atoms. The van der Waals surface area contributed by atoms with Gasteiger partial charge in [-0.3, -0.25) is 4.79 Å². The molecule has 2 rings (SSSR count). The van der Waals surface area contributed by atoms with Crippen LogP contribution in [-0.2, 0) is 9.53 Å². The number of rotatable bonds is 0. The fourth-order valence-electron chi connectivity index (χ4n) is 1.53. The highest BCUT2D eigenvalue weighted by atomic mass is 16.6. The SMILES string of the molecule is N[C@H]1C[C@@H]2OC(=O)C[C@@H]21. The zero-order valence-electron chi connectivity index (χ0n) is 5.04. The summed E-state index contributed by atoms with van der Waals surface area (Å²) in [5.41, 5.74) is 5.59. The molecule has 3 atom stereocenters. The molecular weight excluding hydrogens is 118 g/mol. The quantitative estimate of drug-likeness (QED) is 0.452. The maximum atomic E-state index is 10.6. The zero-order valence-corrected chi connectivity index (χ0v) is 5.04. The van der Waals surface area contributed by atoms with Gasteiger partial charge in [-0.05, 0) is 0 Å². The van der Waals surface area contributed by atoms with E-state index in [1.165, 1.54) is 0 Å². The van der Waals surface area contributed by atoms with E-state index in [1.54, 1.807) is 0 Å². The smallest absolute Gasteiger partial charge is 0.306 e. The first-order chi connectivity index (χ1) is 4.27. The van der Waals surface area contributed by atoms with E-state index in [-0.39, 0.29) is 18.1 Å². The van der Waals surface area contributed by atoms with Gasteiger partial charge in [0, 0.05) is 18.4 Å². The molecule has 2 aliphatic rings. The Morgan fingerprint density at radius 1 is 1.67 bits per heavy atom. The molecule has 1 saturated carbocycles. The summed E-state index contributed by atoms with van der Waals surface area (Å²) in [6, 6.07) is 0.224. The summed E-state index contributed by atoms with van der Waals surface area (Å²) >= 11 is 0. The maximum absolute atomic E-state index is 10.6. The number of carbonyl (C=O) groups excluding carboxylic acids is 1. The average Bonchev–Trinajstić information content (AvgIpc) is 2.08. The summed E-state index contributed by atoms with van der Waals surface area (Å²) in [4.78, 5) is 10.6. The molecule has 0 aromatic heterocycles. The van der Waals surface area contributed by atoms with Crippen LogP contribution in [0.1, 0.15) is 12.8 Å². The van der Waals surface area contributed by atoms with E-state index in [1.807, 2.05) is 0 Å². The Bertz CT molecular complexity index is 157. The van der Waals surface area contributed by atoms with Crippen LogP contribution < -0.4 is 5.73 Å². The second kappa shape index (κ2) is 1.48. The lowest BCUT2D eigenvalue weighted by atomic mass is 9.77. The van der Waals surface area contributed by atoms with Crippen LogP contribution in [0.4, 0.5) is 0 Å². The average molecular weight is 127 g/mol. The van der Waals surface area contributed by atoms with E-state index in [9.17, 15) is 4.79 Å². The van der Waals surface area contributed by atoms with Crippen molar-refractivity contribution in [1.82, 2.24) is 0 Å².